The average Bonchev–Trinajstić information content (AvgIpc) is 2.13. The van der Waals surface area contributed by atoms with Crippen molar-refractivity contribution in [3.63, 3.8) is 0 Å². The lowest BCUT2D eigenvalue weighted by Gasteiger charge is -2.32. The Morgan fingerprint density at radius 3 is 2.08 bits per heavy atom. The van der Waals surface area contributed by atoms with E-state index in [0.717, 1.165) is 0 Å². The van der Waals surface area contributed by atoms with Crippen molar-refractivity contribution in [1.82, 2.24) is 0 Å². The summed E-state index contributed by atoms with van der Waals surface area (Å²) in [4.78, 5) is 11.3. The summed E-state index contributed by atoms with van der Waals surface area (Å²) in [5, 5.41) is 9.72. The van der Waals surface area contributed by atoms with Gasteiger partial charge in [0.1, 0.15) is 0 Å². The molecular formula is C9H18O4. The molecule has 0 saturated carbocycles. The minimum Gasteiger partial charge on any atom is -0.467 e. The van der Waals surface area contributed by atoms with Crippen molar-refractivity contribution in [2.24, 2.45) is 5.92 Å². The van der Waals surface area contributed by atoms with Crippen LogP contribution < -0.4 is 0 Å². The van der Waals surface area contributed by atoms with Gasteiger partial charge in [-0.2, -0.15) is 0 Å². The lowest BCUT2D eigenvalue weighted by molar-refractivity contribution is -0.181. The maximum absolute atomic E-state index is 11.3. The van der Waals surface area contributed by atoms with E-state index in [2.05, 4.69) is 4.74 Å². The minimum atomic E-state index is -1.27. The maximum Gasteiger partial charge on any atom is 0.340 e. The first-order chi connectivity index (χ1) is 5.90. The van der Waals surface area contributed by atoms with Gasteiger partial charge in [0.05, 0.1) is 13.2 Å². The van der Waals surface area contributed by atoms with Crippen LogP contribution in [0.5, 0.6) is 0 Å². The minimum absolute atomic E-state index is 0.0657. The van der Waals surface area contributed by atoms with E-state index in [9.17, 15) is 9.90 Å². The van der Waals surface area contributed by atoms with Crippen molar-refractivity contribution in [3.8, 4) is 0 Å². The smallest absolute Gasteiger partial charge is 0.340 e. The fraction of sp³-hybridized carbons (Fsp3) is 0.889. The number of methoxy groups -OCH3 is 2. The summed E-state index contributed by atoms with van der Waals surface area (Å²) in [6, 6.07) is 0. The Hall–Kier alpha value is -0.610. The zero-order valence-corrected chi connectivity index (χ0v) is 8.83. The molecule has 0 aromatic heterocycles. The Balaban J connectivity index is 4.71. The number of aliphatic hydroxyl groups is 1. The monoisotopic (exact) mass is 190 g/mol. The molecule has 4 nitrogen and oxygen atoms in total. The molecule has 0 fully saturated rings. The van der Waals surface area contributed by atoms with Crippen LogP contribution in [0.1, 0.15) is 20.8 Å². The number of carbonyl (C=O) groups excluding carboxylic acids is 1. The molecule has 0 aromatic carbocycles. The molecule has 78 valence electrons. The quantitative estimate of drug-likeness (QED) is 0.659. The number of ether oxygens (including phenoxy) is 2. The summed E-state index contributed by atoms with van der Waals surface area (Å²) < 4.78 is 9.54. The Morgan fingerprint density at radius 1 is 1.38 bits per heavy atom. The van der Waals surface area contributed by atoms with Crippen LogP contribution in [-0.4, -0.2) is 37.0 Å². The van der Waals surface area contributed by atoms with Crippen molar-refractivity contribution in [3.05, 3.63) is 0 Å². The summed E-state index contributed by atoms with van der Waals surface area (Å²) >= 11 is 0. The van der Waals surface area contributed by atoms with Gasteiger partial charge in [-0.3, -0.25) is 0 Å². The Labute approximate surface area is 78.8 Å². The van der Waals surface area contributed by atoms with Gasteiger partial charge in [0, 0.05) is 7.11 Å². The van der Waals surface area contributed by atoms with Crippen LogP contribution in [-0.2, 0) is 14.3 Å². The third kappa shape index (κ3) is 2.42. The van der Waals surface area contributed by atoms with E-state index in [4.69, 9.17) is 4.74 Å². The molecule has 0 heterocycles. The van der Waals surface area contributed by atoms with Crippen LogP contribution in [0.25, 0.3) is 0 Å². The molecule has 1 N–H and O–H groups in total. The summed E-state index contributed by atoms with van der Waals surface area (Å²) in [6.45, 7) is 5.14. The number of carbonyl (C=O) groups is 1. The third-order valence-electron chi connectivity index (χ3n) is 2.21. The van der Waals surface area contributed by atoms with E-state index >= 15 is 0 Å². The standard InChI is InChI=1S/C9H18O4/c1-6(2)7(10)9(3,13-5)8(11)12-4/h6-7,10H,1-5H3/t7-,9+/m0/s1. The van der Waals surface area contributed by atoms with Crippen LogP contribution >= 0.6 is 0 Å². The summed E-state index contributed by atoms with van der Waals surface area (Å²) in [6.07, 6.45) is -0.870. The molecule has 0 rings (SSSR count). The Morgan fingerprint density at radius 2 is 1.85 bits per heavy atom. The van der Waals surface area contributed by atoms with E-state index in [1.54, 1.807) is 0 Å². The van der Waals surface area contributed by atoms with Gasteiger partial charge in [0.15, 0.2) is 5.60 Å². The molecule has 0 radical (unpaired) electrons. The molecule has 0 aromatic rings. The average molecular weight is 190 g/mol. The molecule has 2 atom stereocenters. The molecule has 0 aliphatic heterocycles. The van der Waals surface area contributed by atoms with Gasteiger partial charge in [-0.05, 0) is 12.8 Å². The van der Waals surface area contributed by atoms with E-state index in [-0.39, 0.29) is 5.92 Å². The number of hydrogen-bond acceptors (Lipinski definition) is 4. The van der Waals surface area contributed by atoms with Crippen LogP contribution in [0.4, 0.5) is 0 Å². The normalized spacial score (nSPS) is 18.1. The molecule has 0 aliphatic rings. The first-order valence-electron chi connectivity index (χ1n) is 4.21. The van der Waals surface area contributed by atoms with E-state index < -0.39 is 17.7 Å². The van der Waals surface area contributed by atoms with Gasteiger partial charge >= 0.3 is 5.97 Å². The molecule has 4 heteroatoms. The number of rotatable bonds is 4. The van der Waals surface area contributed by atoms with Gasteiger partial charge in [-0.1, -0.05) is 13.8 Å². The fourth-order valence-electron chi connectivity index (χ4n) is 1.16. The molecule has 13 heavy (non-hydrogen) atoms. The maximum atomic E-state index is 11.3. The number of aliphatic hydroxyl groups excluding tert-OH is 1. The van der Waals surface area contributed by atoms with E-state index in [0.29, 0.717) is 0 Å². The number of hydrogen-bond donors (Lipinski definition) is 1. The molecule has 0 amide bonds. The lowest BCUT2D eigenvalue weighted by Crippen LogP contribution is -2.51. The molecule has 0 bridgehead atoms. The molecule has 0 unspecified atom stereocenters. The predicted molar refractivity (Wildman–Crippen MR) is 48.3 cm³/mol. The topological polar surface area (TPSA) is 55.8 Å². The van der Waals surface area contributed by atoms with Crippen molar-refractivity contribution in [1.29, 1.82) is 0 Å². The highest BCUT2D eigenvalue weighted by atomic mass is 16.6. The van der Waals surface area contributed by atoms with Gasteiger partial charge in [0.25, 0.3) is 0 Å². The van der Waals surface area contributed by atoms with Gasteiger partial charge in [-0.15, -0.1) is 0 Å². The zero-order valence-electron chi connectivity index (χ0n) is 8.83. The first-order valence-corrected chi connectivity index (χ1v) is 4.21. The van der Waals surface area contributed by atoms with Crippen molar-refractivity contribution >= 4 is 5.97 Å². The van der Waals surface area contributed by atoms with Crippen LogP contribution in [0.15, 0.2) is 0 Å². The van der Waals surface area contributed by atoms with Gasteiger partial charge in [0.2, 0.25) is 0 Å². The lowest BCUT2D eigenvalue weighted by atomic mass is 9.90. The highest BCUT2D eigenvalue weighted by molar-refractivity contribution is 5.79. The fourth-order valence-corrected chi connectivity index (χ4v) is 1.16. The van der Waals surface area contributed by atoms with Gasteiger partial charge in [-0.25, -0.2) is 4.79 Å². The van der Waals surface area contributed by atoms with E-state index in [1.165, 1.54) is 21.1 Å². The SMILES string of the molecule is COC(=O)[C@](C)(OC)[C@@H](O)C(C)C. The summed E-state index contributed by atoms with van der Waals surface area (Å²) in [5.41, 5.74) is -1.27. The van der Waals surface area contributed by atoms with Crippen LogP contribution in [0.2, 0.25) is 0 Å². The second-order valence-corrected chi connectivity index (χ2v) is 3.49. The molecule has 0 aliphatic carbocycles. The second-order valence-electron chi connectivity index (χ2n) is 3.49. The highest BCUT2D eigenvalue weighted by Gasteiger charge is 2.43. The molecule has 0 saturated heterocycles. The molecule has 0 spiro atoms. The third-order valence-corrected chi connectivity index (χ3v) is 2.21. The summed E-state index contributed by atoms with van der Waals surface area (Å²) in [7, 11) is 2.65. The largest absolute Gasteiger partial charge is 0.467 e. The van der Waals surface area contributed by atoms with Crippen LogP contribution in [0, 0.1) is 5.92 Å². The summed E-state index contributed by atoms with van der Waals surface area (Å²) in [5.74, 6) is -0.625. The van der Waals surface area contributed by atoms with E-state index in [1.807, 2.05) is 13.8 Å². The number of esters is 1. The Bertz CT molecular complexity index is 178. The second kappa shape index (κ2) is 4.58. The van der Waals surface area contributed by atoms with Gasteiger partial charge < -0.3 is 14.6 Å². The van der Waals surface area contributed by atoms with Crippen molar-refractivity contribution < 1.29 is 19.4 Å². The van der Waals surface area contributed by atoms with Crippen molar-refractivity contribution in [2.45, 2.75) is 32.5 Å². The van der Waals surface area contributed by atoms with Crippen molar-refractivity contribution in [2.75, 3.05) is 14.2 Å². The Kier molecular flexibility index (Phi) is 4.36. The molecular weight excluding hydrogens is 172 g/mol. The first kappa shape index (κ1) is 12.4. The van der Waals surface area contributed by atoms with Crippen LogP contribution in [0.3, 0.4) is 0 Å². The highest BCUT2D eigenvalue weighted by Crippen LogP contribution is 2.22. The zero-order chi connectivity index (χ0) is 10.6. The predicted octanol–water partition coefficient (Wildman–Crippen LogP) is 0.581.